The van der Waals surface area contributed by atoms with Crippen molar-refractivity contribution in [3.63, 3.8) is 0 Å². The molecule has 120 valence electrons. The first-order valence-electron chi connectivity index (χ1n) is 6.90. The molecule has 2 aromatic carbocycles. The molecule has 2 aromatic rings. The molecule has 0 saturated carbocycles. The lowest BCUT2D eigenvalue weighted by molar-refractivity contribution is 0.174. The van der Waals surface area contributed by atoms with E-state index in [4.69, 9.17) is 9.47 Å². The molecule has 7 heteroatoms. The summed E-state index contributed by atoms with van der Waals surface area (Å²) in [6.07, 6.45) is 0. The van der Waals surface area contributed by atoms with Crippen LogP contribution >= 0.6 is 0 Å². The Labute approximate surface area is 133 Å². The molecule has 0 spiro atoms. The van der Waals surface area contributed by atoms with E-state index in [2.05, 4.69) is 5.16 Å². The van der Waals surface area contributed by atoms with Crippen molar-refractivity contribution in [2.75, 3.05) is 12.5 Å². The third kappa shape index (κ3) is 3.14. The lowest BCUT2D eigenvalue weighted by atomic mass is 10.1. The van der Waals surface area contributed by atoms with Crippen LogP contribution in [0, 0.1) is 6.92 Å². The lowest BCUT2D eigenvalue weighted by Crippen LogP contribution is -2.17. The van der Waals surface area contributed by atoms with Gasteiger partial charge in [-0.15, -0.1) is 0 Å². The fourth-order valence-electron chi connectivity index (χ4n) is 2.25. The summed E-state index contributed by atoms with van der Waals surface area (Å²) in [7, 11) is -3.61. The molecule has 1 N–H and O–H groups in total. The van der Waals surface area contributed by atoms with Crippen molar-refractivity contribution in [2.24, 2.45) is 5.16 Å². The highest BCUT2D eigenvalue weighted by atomic mass is 32.2. The van der Waals surface area contributed by atoms with E-state index in [9.17, 15) is 13.6 Å². The van der Waals surface area contributed by atoms with E-state index >= 15 is 0 Å². The van der Waals surface area contributed by atoms with Crippen molar-refractivity contribution in [1.29, 1.82) is 0 Å². The Morgan fingerprint density at radius 2 is 1.83 bits per heavy atom. The second-order valence-electron chi connectivity index (χ2n) is 5.19. The molecule has 0 aromatic heterocycles. The molecule has 0 bridgehead atoms. The molecular formula is C16H15NO5S. The van der Waals surface area contributed by atoms with Crippen LogP contribution < -0.4 is 9.47 Å². The van der Waals surface area contributed by atoms with Crippen LogP contribution in [0.2, 0.25) is 0 Å². The van der Waals surface area contributed by atoms with E-state index in [1.807, 2.05) is 6.92 Å². The Morgan fingerprint density at radius 3 is 2.52 bits per heavy atom. The van der Waals surface area contributed by atoms with E-state index < -0.39 is 15.6 Å². The lowest BCUT2D eigenvalue weighted by Gasteiger charge is -2.08. The Bertz CT molecular complexity index is 857. The number of ether oxygens (including phenoxy) is 2. The zero-order valence-electron chi connectivity index (χ0n) is 12.4. The van der Waals surface area contributed by atoms with Gasteiger partial charge in [0.05, 0.1) is 4.90 Å². The molecule has 0 aliphatic carbocycles. The third-order valence-electron chi connectivity index (χ3n) is 3.53. The average Bonchev–Trinajstić information content (AvgIpc) is 3.00. The van der Waals surface area contributed by atoms with Gasteiger partial charge in [-0.3, -0.25) is 0 Å². The summed E-state index contributed by atoms with van der Waals surface area (Å²) in [6, 6.07) is 11.4. The quantitative estimate of drug-likeness (QED) is 0.527. The maximum absolute atomic E-state index is 12.5. The molecule has 1 aliphatic rings. The van der Waals surface area contributed by atoms with Gasteiger partial charge in [0, 0.05) is 5.56 Å². The minimum atomic E-state index is -3.61. The van der Waals surface area contributed by atoms with Gasteiger partial charge >= 0.3 is 0 Å². The maximum Gasteiger partial charge on any atom is 0.231 e. The number of rotatable bonds is 4. The maximum atomic E-state index is 12.5. The summed E-state index contributed by atoms with van der Waals surface area (Å²) < 4.78 is 35.4. The monoisotopic (exact) mass is 333 g/mol. The van der Waals surface area contributed by atoms with Gasteiger partial charge in [0.2, 0.25) is 6.79 Å². The molecule has 0 fully saturated rings. The fourth-order valence-corrected chi connectivity index (χ4v) is 3.56. The van der Waals surface area contributed by atoms with Crippen LogP contribution in [0.15, 0.2) is 52.5 Å². The predicted octanol–water partition coefficient (Wildman–Crippen LogP) is 2.38. The highest BCUT2D eigenvalue weighted by Crippen LogP contribution is 2.32. The van der Waals surface area contributed by atoms with E-state index in [0.717, 1.165) is 5.56 Å². The molecule has 1 heterocycles. The highest BCUT2D eigenvalue weighted by Gasteiger charge is 2.22. The van der Waals surface area contributed by atoms with E-state index in [1.54, 1.807) is 42.5 Å². The van der Waals surface area contributed by atoms with Crippen molar-refractivity contribution in [2.45, 2.75) is 11.8 Å². The molecule has 0 radical (unpaired) electrons. The second-order valence-corrected chi connectivity index (χ2v) is 7.18. The number of aryl methyl sites for hydroxylation is 1. The Kier molecular flexibility index (Phi) is 3.96. The van der Waals surface area contributed by atoms with Crippen LogP contribution in [0.5, 0.6) is 11.5 Å². The van der Waals surface area contributed by atoms with Crippen molar-refractivity contribution < 1.29 is 23.1 Å². The van der Waals surface area contributed by atoms with Crippen LogP contribution in [0.3, 0.4) is 0 Å². The molecule has 0 saturated heterocycles. The first kappa shape index (κ1) is 15.4. The largest absolute Gasteiger partial charge is 0.454 e. The summed E-state index contributed by atoms with van der Waals surface area (Å²) in [5.41, 5.74) is 1.48. The summed E-state index contributed by atoms with van der Waals surface area (Å²) in [5.74, 6) is 0.662. The first-order chi connectivity index (χ1) is 11.0. The molecular weight excluding hydrogens is 318 g/mol. The van der Waals surface area contributed by atoms with Crippen molar-refractivity contribution in [1.82, 2.24) is 0 Å². The van der Waals surface area contributed by atoms with Crippen molar-refractivity contribution >= 4 is 15.5 Å². The normalized spacial score (nSPS) is 14.0. The van der Waals surface area contributed by atoms with E-state index in [1.165, 1.54) is 0 Å². The Balaban J connectivity index is 1.89. The Morgan fingerprint density at radius 1 is 1.13 bits per heavy atom. The second kappa shape index (κ2) is 5.92. The summed E-state index contributed by atoms with van der Waals surface area (Å²) in [5, 5.41) is 12.4. The zero-order chi connectivity index (χ0) is 16.4. The van der Waals surface area contributed by atoms with Gasteiger partial charge in [-0.1, -0.05) is 22.9 Å². The standard InChI is InChI=1S/C16H15NO5S/c1-11-2-5-13(6-3-11)23(19,20)9-14(17-18)12-4-7-15-16(8-12)22-10-21-15/h2-8,18H,9-10H2,1H3/b17-14+. The van der Waals surface area contributed by atoms with Gasteiger partial charge in [-0.2, -0.15) is 0 Å². The molecule has 6 nitrogen and oxygen atoms in total. The zero-order valence-corrected chi connectivity index (χ0v) is 13.2. The number of fused-ring (bicyclic) bond motifs is 1. The minimum absolute atomic E-state index is 0.0453. The summed E-state index contributed by atoms with van der Waals surface area (Å²) in [6.45, 7) is 2.00. The highest BCUT2D eigenvalue weighted by molar-refractivity contribution is 7.92. The smallest absolute Gasteiger partial charge is 0.231 e. The number of hydrogen-bond acceptors (Lipinski definition) is 6. The topological polar surface area (TPSA) is 85.2 Å². The van der Waals surface area contributed by atoms with Gasteiger partial charge in [-0.05, 0) is 37.3 Å². The SMILES string of the molecule is Cc1ccc(S(=O)(=O)C/C(=N\O)c2ccc3c(c2)OCO3)cc1. The predicted molar refractivity (Wildman–Crippen MR) is 84.1 cm³/mol. The van der Waals surface area contributed by atoms with Gasteiger partial charge in [-0.25, -0.2) is 8.42 Å². The van der Waals surface area contributed by atoms with Crippen LogP contribution in [-0.4, -0.2) is 31.9 Å². The van der Waals surface area contributed by atoms with Gasteiger partial charge < -0.3 is 14.7 Å². The number of benzene rings is 2. The van der Waals surface area contributed by atoms with E-state index in [-0.39, 0.29) is 17.4 Å². The third-order valence-corrected chi connectivity index (χ3v) is 5.18. The molecule has 0 amide bonds. The summed E-state index contributed by atoms with van der Waals surface area (Å²) in [4.78, 5) is 0.185. The number of sulfone groups is 1. The fraction of sp³-hybridized carbons (Fsp3) is 0.188. The van der Waals surface area contributed by atoms with Gasteiger partial charge in [0.25, 0.3) is 0 Å². The average molecular weight is 333 g/mol. The van der Waals surface area contributed by atoms with Crippen molar-refractivity contribution in [3.05, 3.63) is 53.6 Å². The van der Waals surface area contributed by atoms with Gasteiger partial charge in [0.1, 0.15) is 11.5 Å². The van der Waals surface area contributed by atoms with Gasteiger partial charge in [0.15, 0.2) is 21.3 Å². The number of oxime groups is 1. The molecule has 23 heavy (non-hydrogen) atoms. The Hall–Kier alpha value is -2.54. The minimum Gasteiger partial charge on any atom is -0.454 e. The molecule has 0 unspecified atom stereocenters. The number of hydrogen-bond donors (Lipinski definition) is 1. The van der Waals surface area contributed by atoms with E-state index in [0.29, 0.717) is 17.1 Å². The van der Waals surface area contributed by atoms with Crippen LogP contribution in [0.1, 0.15) is 11.1 Å². The number of nitrogens with zero attached hydrogens (tertiary/aromatic N) is 1. The van der Waals surface area contributed by atoms with Crippen molar-refractivity contribution in [3.8, 4) is 11.5 Å². The molecule has 0 atom stereocenters. The molecule has 3 rings (SSSR count). The first-order valence-corrected chi connectivity index (χ1v) is 8.55. The van der Waals surface area contributed by atoms with Crippen LogP contribution in [-0.2, 0) is 9.84 Å². The van der Waals surface area contributed by atoms with Crippen LogP contribution in [0.4, 0.5) is 0 Å². The molecule has 1 aliphatic heterocycles. The van der Waals surface area contributed by atoms with Crippen LogP contribution in [0.25, 0.3) is 0 Å². The summed E-state index contributed by atoms with van der Waals surface area (Å²) >= 11 is 0.